The number of aromatic nitrogens is 1. The second-order valence-electron chi connectivity index (χ2n) is 5.45. The van der Waals surface area contributed by atoms with Gasteiger partial charge in [0.05, 0.1) is 6.61 Å². The predicted molar refractivity (Wildman–Crippen MR) is 74.9 cm³/mol. The molecule has 0 amide bonds. The number of ether oxygens (including phenoxy) is 1. The fourth-order valence-electron chi connectivity index (χ4n) is 2.22. The zero-order valence-corrected chi connectivity index (χ0v) is 11.2. The molecule has 1 atom stereocenters. The monoisotopic (exact) mass is 256 g/mol. The van der Waals surface area contributed by atoms with E-state index >= 15 is 0 Å². The molecule has 2 aliphatic rings. The average Bonchev–Trinajstić information content (AvgIpc) is 3.29. The van der Waals surface area contributed by atoms with E-state index in [2.05, 4.69) is 22.1 Å². The normalized spacial score (nSPS) is 22.4. The van der Waals surface area contributed by atoms with Gasteiger partial charge in [-0.05, 0) is 38.3 Å². The summed E-state index contributed by atoms with van der Waals surface area (Å²) in [7, 11) is 0. The lowest BCUT2D eigenvalue weighted by Gasteiger charge is -2.22. The molecule has 0 spiro atoms. The van der Waals surface area contributed by atoms with Crippen LogP contribution >= 0.6 is 0 Å². The van der Waals surface area contributed by atoms with Gasteiger partial charge in [-0.3, -0.25) is 0 Å². The van der Waals surface area contributed by atoms with Crippen molar-refractivity contribution in [3.05, 3.63) is 23.9 Å². The van der Waals surface area contributed by atoms with Crippen molar-refractivity contribution in [2.75, 3.05) is 19.7 Å². The molecule has 3 heteroatoms. The van der Waals surface area contributed by atoms with E-state index in [0.717, 1.165) is 25.3 Å². The lowest BCUT2D eigenvalue weighted by molar-refractivity contribution is 0.212. The summed E-state index contributed by atoms with van der Waals surface area (Å²) >= 11 is 0. The van der Waals surface area contributed by atoms with Gasteiger partial charge in [0.25, 0.3) is 0 Å². The zero-order chi connectivity index (χ0) is 12.9. The highest BCUT2D eigenvalue weighted by Crippen LogP contribution is 2.27. The standard InChI is InChI=1S/C16H20N2O/c1-2-15(10-17-9-1)12-19-16-8-7-14(11-18-16)6-5-13-3-4-13/h7-8,11,13,15,17H,1-4,9-10,12H2. The first-order valence-corrected chi connectivity index (χ1v) is 7.21. The Morgan fingerprint density at radius 2 is 2.26 bits per heavy atom. The molecule has 3 rings (SSSR count). The maximum atomic E-state index is 5.74. The van der Waals surface area contributed by atoms with Crippen LogP contribution in [0.25, 0.3) is 0 Å². The van der Waals surface area contributed by atoms with Crippen molar-refractivity contribution >= 4 is 0 Å². The first kappa shape index (κ1) is 12.5. The van der Waals surface area contributed by atoms with Crippen molar-refractivity contribution in [2.45, 2.75) is 25.7 Å². The quantitative estimate of drug-likeness (QED) is 0.842. The van der Waals surface area contributed by atoms with E-state index in [-0.39, 0.29) is 0 Å². The van der Waals surface area contributed by atoms with E-state index < -0.39 is 0 Å². The van der Waals surface area contributed by atoms with Gasteiger partial charge >= 0.3 is 0 Å². The topological polar surface area (TPSA) is 34.1 Å². The number of nitrogens with one attached hydrogen (secondary N) is 1. The minimum Gasteiger partial charge on any atom is -0.477 e. The van der Waals surface area contributed by atoms with Crippen molar-refractivity contribution in [2.24, 2.45) is 11.8 Å². The summed E-state index contributed by atoms with van der Waals surface area (Å²) in [4.78, 5) is 4.32. The third kappa shape index (κ3) is 3.97. The highest BCUT2D eigenvalue weighted by molar-refractivity contribution is 5.34. The van der Waals surface area contributed by atoms with Crippen LogP contribution in [0.2, 0.25) is 0 Å². The molecule has 3 nitrogen and oxygen atoms in total. The SMILES string of the molecule is C(#CC1CC1)c1ccc(OCC2CCCNC2)nc1. The van der Waals surface area contributed by atoms with Gasteiger partial charge in [0, 0.05) is 36.2 Å². The van der Waals surface area contributed by atoms with E-state index in [1.165, 1.54) is 25.7 Å². The molecule has 0 bridgehead atoms. The number of hydrogen-bond acceptors (Lipinski definition) is 3. The molecule has 1 saturated heterocycles. The summed E-state index contributed by atoms with van der Waals surface area (Å²) in [6, 6.07) is 3.92. The van der Waals surface area contributed by atoms with E-state index in [9.17, 15) is 0 Å². The molecular weight excluding hydrogens is 236 g/mol. The maximum Gasteiger partial charge on any atom is 0.213 e. The lowest BCUT2D eigenvalue weighted by Crippen LogP contribution is -2.33. The molecule has 0 aromatic carbocycles. The molecule has 1 aliphatic heterocycles. The van der Waals surface area contributed by atoms with Crippen LogP contribution in [0.5, 0.6) is 5.88 Å². The number of hydrogen-bond donors (Lipinski definition) is 1. The summed E-state index contributed by atoms with van der Waals surface area (Å²) in [5, 5.41) is 3.39. The lowest BCUT2D eigenvalue weighted by atomic mass is 10.0. The molecule has 1 aromatic rings. The summed E-state index contributed by atoms with van der Waals surface area (Å²) in [5.74, 6) is 8.36. The first-order chi connectivity index (χ1) is 9.40. The van der Waals surface area contributed by atoms with Crippen molar-refractivity contribution in [3.63, 3.8) is 0 Å². The minimum atomic E-state index is 0.616. The molecule has 100 valence electrons. The highest BCUT2D eigenvalue weighted by atomic mass is 16.5. The number of rotatable bonds is 3. The van der Waals surface area contributed by atoms with Crippen LogP contribution in [0.4, 0.5) is 0 Å². The van der Waals surface area contributed by atoms with Crippen molar-refractivity contribution in [1.82, 2.24) is 10.3 Å². The van der Waals surface area contributed by atoms with Crippen LogP contribution in [0.1, 0.15) is 31.2 Å². The first-order valence-electron chi connectivity index (χ1n) is 7.21. The molecule has 1 aliphatic carbocycles. The van der Waals surface area contributed by atoms with Crippen molar-refractivity contribution < 1.29 is 4.74 Å². The number of piperidine rings is 1. The average molecular weight is 256 g/mol. The smallest absolute Gasteiger partial charge is 0.213 e. The molecule has 0 radical (unpaired) electrons. The van der Waals surface area contributed by atoms with E-state index in [1.54, 1.807) is 0 Å². The van der Waals surface area contributed by atoms with Gasteiger partial charge < -0.3 is 10.1 Å². The van der Waals surface area contributed by atoms with Gasteiger partial charge in [-0.15, -0.1) is 0 Å². The second-order valence-corrected chi connectivity index (χ2v) is 5.45. The van der Waals surface area contributed by atoms with Crippen LogP contribution in [-0.4, -0.2) is 24.7 Å². The molecule has 1 saturated carbocycles. The van der Waals surface area contributed by atoms with E-state index in [4.69, 9.17) is 4.74 Å². The fraction of sp³-hybridized carbons (Fsp3) is 0.562. The molecule has 2 fully saturated rings. The highest BCUT2D eigenvalue weighted by Gasteiger charge is 2.17. The Balaban J connectivity index is 1.49. The fourth-order valence-corrected chi connectivity index (χ4v) is 2.22. The van der Waals surface area contributed by atoms with E-state index in [0.29, 0.717) is 17.7 Å². The minimum absolute atomic E-state index is 0.616. The molecule has 2 heterocycles. The summed E-state index contributed by atoms with van der Waals surface area (Å²) < 4.78 is 5.74. The van der Waals surface area contributed by atoms with Crippen molar-refractivity contribution in [1.29, 1.82) is 0 Å². The summed E-state index contributed by atoms with van der Waals surface area (Å²) in [5.41, 5.74) is 0.985. The van der Waals surface area contributed by atoms with Crippen LogP contribution in [0.15, 0.2) is 18.3 Å². The van der Waals surface area contributed by atoms with Crippen LogP contribution in [0, 0.1) is 23.7 Å². The number of nitrogens with zero attached hydrogens (tertiary/aromatic N) is 1. The predicted octanol–water partition coefficient (Wildman–Crippen LogP) is 2.22. The van der Waals surface area contributed by atoms with Crippen LogP contribution in [0.3, 0.4) is 0 Å². The van der Waals surface area contributed by atoms with Gasteiger partial charge in [0.2, 0.25) is 5.88 Å². The Hall–Kier alpha value is -1.53. The van der Waals surface area contributed by atoms with Crippen molar-refractivity contribution in [3.8, 4) is 17.7 Å². The third-order valence-electron chi connectivity index (χ3n) is 3.60. The van der Waals surface area contributed by atoms with Gasteiger partial charge in [-0.25, -0.2) is 4.98 Å². The largest absolute Gasteiger partial charge is 0.477 e. The molecule has 1 unspecified atom stereocenters. The number of pyridine rings is 1. The maximum absolute atomic E-state index is 5.74. The van der Waals surface area contributed by atoms with Crippen LogP contribution < -0.4 is 10.1 Å². The molecular formula is C16H20N2O. The van der Waals surface area contributed by atoms with Gasteiger partial charge in [0.15, 0.2) is 0 Å². The summed E-state index contributed by atoms with van der Waals surface area (Å²) in [6.07, 6.45) is 6.83. The van der Waals surface area contributed by atoms with Gasteiger partial charge in [-0.2, -0.15) is 0 Å². The Labute approximate surface area is 114 Å². The summed E-state index contributed by atoms with van der Waals surface area (Å²) in [6.45, 7) is 2.96. The molecule has 1 N–H and O–H groups in total. The molecule has 1 aromatic heterocycles. The van der Waals surface area contributed by atoms with Crippen LogP contribution in [-0.2, 0) is 0 Å². The Morgan fingerprint density at radius 3 is 2.95 bits per heavy atom. The Morgan fingerprint density at radius 1 is 1.32 bits per heavy atom. The van der Waals surface area contributed by atoms with Gasteiger partial charge in [0.1, 0.15) is 0 Å². The Bertz CT molecular complexity index is 462. The third-order valence-corrected chi connectivity index (χ3v) is 3.60. The zero-order valence-electron chi connectivity index (χ0n) is 11.2. The molecule has 19 heavy (non-hydrogen) atoms. The van der Waals surface area contributed by atoms with E-state index in [1.807, 2.05) is 18.3 Å². The Kier molecular flexibility index (Phi) is 4.00. The van der Waals surface area contributed by atoms with Gasteiger partial charge in [-0.1, -0.05) is 11.8 Å². The second kappa shape index (κ2) is 6.08.